The van der Waals surface area contributed by atoms with Crippen molar-refractivity contribution in [3.8, 4) is 0 Å². The molecule has 20 heavy (non-hydrogen) atoms. The van der Waals surface area contributed by atoms with Gasteiger partial charge in [-0.2, -0.15) is 0 Å². The Morgan fingerprint density at radius 1 is 1.30 bits per heavy atom. The molecule has 4 heteroatoms. The molecule has 2 rings (SSSR count). The third-order valence-corrected chi connectivity index (χ3v) is 3.79. The van der Waals surface area contributed by atoms with Crippen LogP contribution in [0.5, 0.6) is 0 Å². The summed E-state index contributed by atoms with van der Waals surface area (Å²) in [6.07, 6.45) is 1.32. The lowest BCUT2D eigenvalue weighted by Crippen LogP contribution is -2.40. The summed E-state index contributed by atoms with van der Waals surface area (Å²) in [7, 11) is 0. The van der Waals surface area contributed by atoms with Crippen molar-refractivity contribution in [1.82, 2.24) is 4.90 Å². The Kier molecular flexibility index (Phi) is 5.15. The monoisotopic (exact) mass is 276 g/mol. The lowest BCUT2D eigenvalue weighted by Gasteiger charge is -2.28. The quantitative estimate of drug-likeness (QED) is 0.886. The second-order valence-electron chi connectivity index (χ2n) is 5.83. The van der Waals surface area contributed by atoms with E-state index in [1.54, 1.807) is 0 Å². The van der Waals surface area contributed by atoms with Crippen molar-refractivity contribution in [2.45, 2.75) is 38.7 Å². The van der Waals surface area contributed by atoms with Crippen LogP contribution in [0.3, 0.4) is 0 Å². The zero-order valence-electron chi connectivity index (χ0n) is 12.3. The van der Waals surface area contributed by atoms with Crippen LogP contribution in [0.2, 0.25) is 0 Å². The first-order valence-electron chi connectivity index (χ1n) is 7.35. The van der Waals surface area contributed by atoms with E-state index >= 15 is 0 Å². The van der Waals surface area contributed by atoms with Crippen LogP contribution in [0.4, 0.5) is 5.69 Å². The number of aliphatic hydroxyl groups is 1. The molecule has 1 aromatic carbocycles. The number of anilines is 1. The van der Waals surface area contributed by atoms with E-state index in [0.29, 0.717) is 12.5 Å². The van der Waals surface area contributed by atoms with E-state index in [0.717, 1.165) is 31.6 Å². The Morgan fingerprint density at radius 2 is 1.90 bits per heavy atom. The van der Waals surface area contributed by atoms with Crippen LogP contribution in [0.1, 0.15) is 38.2 Å². The molecule has 0 aliphatic carbocycles. The standard InChI is InChI=1S/C16H24N2O2/c1-12(2)13-3-5-14(6-4-13)17-16(20)11-18-9-7-15(19)8-10-18/h3-6,12,15,19H,7-11H2,1-2H3,(H,17,20). The number of aliphatic hydroxyl groups excluding tert-OH is 1. The molecule has 0 aromatic heterocycles. The maximum atomic E-state index is 12.0. The van der Waals surface area contributed by atoms with Crippen LogP contribution in [0.15, 0.2) is 24.3 Å². The Labute approximate surface area is 120 Å². The third kappa shape index (κ3) is 4.32. The van der Waals surface area contributed by atoms with Gasteiger partial charge in [0.1, 0.15) is 0 Å². The number of hydrogen-bond acceptors (Lipinski definition) is 3. The van der Waals surface area contributed by atoms with Crippen molar-refractivity contribution in [3.63, 3.8) is 0 Å². The Hall–Kier alpha value is -1.39. The summed E-state index contributed by atoms with van der Waals surface area (Å²) in [6.45, 7) is 6.29. The van der Waals surface area contributed by atoms with Crippen LogP contribution in [-0.2, 0) is 4.79 Å². The number of piperidine rings is 1. The molecule has 0 radical (unpaired) electrons. The predicted octanol–water partition coefficient (Wildman–Crippen LogP) is 2.21. The van der Waals surface area contributed by atoms with Gasteiger partial charge >= 0.3 is 0 Å². The van der Waals surface area contributed by atoms with Gasteiger partial charge in [-0.05, 0) is 36.5 Å². The SMILES string of the molecule is CC(C)c1ccc(NC(=O)CN2CCC(O)CC2)cc1. The fourth-order valence-electron chi connectivity index (χ4n) is 2.43. The number of carbonyl (C=O) groups is 1. The molecule has 1 fully saturated rings. The van der Waals surface area contributed by atoms with E-state index in [1.165, 1.54) is 5.56 Å². The summed E-state index contributed by atoms with van der Waals surface area (Å²) in [6, 6.07) is 8.01. The molecule has 0 bridgehead atoms. The molecule has 2 N–H and O–H groups in total. The number of benzene rings is 1. The molecule has 110 valence electrons. The van der Waals surface area contributed by atoms with Crippen molar-refractivity contribution in [2.24, 2.45) is 0 Å². The van der Waals surface area contributed by atoms with Crippen molar-refractivity contribution in [1.29, 1.82) is 0 Å². The first-order valence-corrected chi connectivity index (χ1v) is 7.35. The van der Waals surface area contributed by atoms with Gasteiger partial charge in [0.25, 0.3) is 0 Å². The van der Waals surface area contributed by atoms with Gasteiger partial charge in [0, 0.05) is 18.8 Å². The Balaban J connectivity index is 1.82. The number of likely N-dealkylation sites (tertiary alicyclic amines) is 1. The number of nitrogens with zero attached hydrogens (tertiary/aromatic N) is 1. The van der Waals surface area contributed by atoms with E-state index in [9.17, 15) is 9.90 Å². The average Bonchev–Trinajstić information content (AvgIpc) is 2.42. The summed E-state index contributed by atoms with van der Waals surface area (Å²) in [5.74, 6) is 0.512. The van der Waals surface area contributed by atoms with Gasteiger partial charge in [-0.3, -0.25) is 9.69 Å². The summed E-state index contributed by atoms with van der Waals surface area (Å²) in [5, 5.41) is 12.4. The highest BCUT2D eigenvalue weighted by Gasteiger charge is 2.18. The van der Waals surface area contributed by atoms with Gasteiger partial charge in [0.2, 0.25) is 5.91 Å². The molecule has 1 saturated heterocycles. The molecule has 1 aromatic rings. The minimum atomic E-state index is -0.196. The minimum Gasteiger partial charge on any atom is -0.393 e. The average molecular weight is 276 g/mol. The number of amides is 1. The summed E-state index contributed by atoms with van der Waals surface area (Å²) >= 11 is 0. The fourth-order valence-corrected chi connectivity index (χ4v) is 2.43. The molecule has 1 amide bonds. The van der Waals surface area contributed by atoms with Gasteiger partial charge in [-0.15, -0.1) is 0 Å². The van der Waals surface area contributed by atoms with Crippen molar-refractivity contribution in [3.05, 3.63) is 29.8 Å². The molecule has 0 unspecified atom stereocenters. The summed E-state index contributed by atoms with van der Waals surface area (Å²) < 4.78 is 0. The first kappa shape index (κ1) is 15.0. The first-order chi connectivity index (χ1) is 9.54. The molecule has 0 spiro atoms. The van der Waals surface area contributed by atoms with E-state index in [1.807, 2.05) is 12.1 Å². The Morgan fingerprint density at radius 3 is 2.45 bits per heavy atom. The smallest absolute Gasteiger partial charge is 0.238 e. The van der Waals surface area contributed by atoms with E-state index in [2.05, 4.69) is 36.2 Å². The van der Waals surface area contributed by atoms with Crippen LogP contribution in [0, 0.1) is 0 Å². The second kappa shape index (κ2) is 6.86. The second-order valence-corrected chi connectivity index (χ2v) is 5.83. The zero-order valence-corrected chi connectivity index (χ0v) is 12.3. The normalized spacial score (nSPS) is 17.4. The molecule has 1 heterocycles. The van der Waals surface area contributed by atoms with E-state index < -0.39 is 0 Å². The Bertz CT molecular complexity index is 434. The molecular weight excluding hydrogens is 252 g/mol. The van der Waals surface area contributed by atoms with Crippen LogP contribution < -0.4 is 5.32 Å². The highest BCUT2D eigenvalue weighted by atomic mass is 16.3. The van der Waals surface area contributed by atoms with Gasteiger partial charge in [-0.1, -0.05) is 26.0 Å². The lowest BCUT2D eigenvalue weighted by atomic mass is 10.0. The maximum Gasteiger partial charge on any atom is 0.238 e. The van der Waals surface area contributed by atoms with Gasteiger partial charge < -0.3 is 10.4 Å². The van der Waals surface area contributed by atoms with Crippen LogP contribution >= 0.6 is 0 Å². The topological polar surface area (TPSA) is 52.6 Å². The van der Waals surface area contributed by atoms with Gasteiger partial charge in [0.05, 0.1) is 12.6 Å². The molecule has 1 aliphatic heterocycles. The van der Waals surface area contributed by atoms with Crippen molar-refractivity contribution >= 4 is 11.6 Å². The van der Waals surface area contributed by atoms with E-state index in [-0.39, 0.29) is 12.0 Å². The van der Waals surface area contributed by atoms with E-state index in [4.69, 9.17) is 0 Å². The number of nitrogens with one attached hydrogen (secondary N) is 1. The molecule has 4 nitrogen and oxygen atoms in total. The summed E-state index contributed by atoms with van der Waals surface area (Å²) in [4.78, 5) is 14.1. The number of carbonyl (C=O) groups excluding carboxylic acids is 1. The minimum absolute atomic E-state index is 0.0127. The number of hydrogen-bond donors (Lipinski definition) is 2. The van der Waals surface area contributed by atoms with Crippen LogP contribution in [0.25, 0.3) is 0 Å². The predicted molar refractivity (Wildman–Crippen MR) is 80.8 cm³/mol. The van der Waals surface area contributed by atoms with Crippen molar-refractivity contribution < 1.29 is 9.90 Å². The lowest BCUT2D eigenvalue weighted by molar-refractivity contribution is -0.117. The molecule has 0 saturated carbocycles. The largest absolute Gasteiger partial charge is 0.393 e. The third-order valence-electron chi connectivity index (χ3n) is 3.79. The van der Waals surface area contributed by atoms with Gasteiger partial charge in [0.15, 0.2) is 0 Å². The highest BCUT2D eigenvalue weighted by molar-refractivity contribution is 5.92. The maximum absolute atomic E-state index is 12.0. The number of rotatable bonds is 4. The fraction of sp³-hybridized carbons (Fsp3) is 0.562. The van der Waals surface area contributed by atoms with Gasteiger partial charge in [-0.25, -0.2) is 0 Å². The van der Waals surface area contributed by atoms with Crippen LogP contribution in [-0.4, -0.2) is 41.7 Å². The molecule has 1 aliphatic rings. The zero-order chi connectivity index (χ0) is 14.5. The van der Waals surface area contributed by atoms with Crippen molar-refractivity contribution in [2.75, 3.05) is 25.0 Å². The highest BCUT2D eigenvalue weighted by Crippen LogP contribution is 2.17. The molecule has 0 atom stereocenters. The molecular formula is C16H24N2O2. The summed E-state index contributed by atoms with van der Waals surface area (Å²) in [5.41, 5.74) is 2.12.